The minimum absolute atomic E-state index is 0.0818. The fraction of sp³-hybridized carbons (Fsp3) is 0.500. The van der Waals surface area contributed by atoms with Crippen molar-refractivity contribution in [1.82, 2.24) is 19.5 Å². The molecule has 0 aromatic carbocycles. The van der Waals surface area contributed by atoms with Crippen LogP contribution in [0.25, 0.3) is 11.2 Å². The first-order valence-corrected chi connectivity index (χ1v) is 10.1. The predicted molar refractivity (Wildman–Crippen MR) is 83.2 cm³/mol. The summed E-state index contributed by atoms with van der Waals surface area (Å²) >= 11 is 0. The number of rotatable bonds is 6. The SMILES string of the molecule is Nc1ncnc2c1ncn2[C@H]1CC(O)[C@@H](COP(=O)(O)OP(=O)(O)O)O1. The molecule has 0 spiro atoms. The van der Waals surface area contributed by atoms with Crippen LogP contribution in [0.3, 0.4) is 0 Å². The smallest absolute Gasteiger partial charge is 0.390 e. The molecule has 16 heteroatoms. The van der Waals surface area contributed by atoms with Gasteiger partial charge in [-0.15, -0.1) is 0 Å². The first kappa shape index (κ1) is 19.3. The van der Waals surface area contributed by atoms with Crippen molar-refractivity contribution in [2.45, 2.75) is 24.9 Å². The molecule has 144 valence electrons. The second-order valence-electron chi connectivity index (χ2n) is 5.35. The molecule has 0 radical (unpaired) electrons. The van der Waals surface area contributed by atoms with Gasteiger partial charge in [0.05, 0.1) is 19.0 Å². The quantitative estimate of drug-likeness (QED) is 0.372. The molecule has 0 aliphatic carbocycles. The zero-order valence-electron chi connectivity index (χ0n) is 12.9. The van der Waals surface area contributed by atoms with Crippen molar-refractivity contribution >= 4 is 32.6 Å². The van der Waals surface area contributed by atoms with Crippen LogP contribution < -0.4 is 5.73 Å². The van der Waals surface area contributed by atoms with Gasteiger partial charge in [0.2, 0.25) is 0 Å². The minimum atomic E-state index is -5.23. The maximum absolute atomic E-state index is 11.5. The highest BCUT2D eigenvalue weighted by atomic mass is 31.3. The molecule has 2 aromatic heterocycles. The average molecular weight is 411 g/mol. The van der Waals surface area contributed by atoms with E-state index in [-0.39, 0.29) is 12.2 Å². The standard InChI is InChI=1S/C10H15N5O9P2/c11-9-8-10(13-3-12-9)15(4-14-8)7-1-5(16)6(23-7)2-22-26(20,21)24-25(17,18)19/h3-7,16H,1-2H2,(H,20,21)(H2,11,12,13)(H2,17,18,19)/t5?,6-,7-/m1/s1. The molecule has 0 saturated carbocycles. The van der Waals surface area contributed by atoms with E-state index < -0.39 is 40.7 Å². The van der Waals surface area contributed by atoms with E-state index in [0.717, 1.165) is 0 Å². The number of phosphoric ester groups is 1. The molecule has 6 N–H and O–H groups in total. The lowest BCUT2D eigenvalue weighted by atomic mass is 10.2. The Hall–Kier alpha value is -1.47. The molecular weight excluding hydrogens is 396 g/mol. The van der Waals surface area contributed by atoms with Crippen molar-refractivity contribution in [3.8, 4) is 0 Å². The molecule has 0 amide bonds. The zero-order valence-corrected chi connectivity index (χ0v) is 14.7. The molecule has 0 bridgehead atoms. The van der Waals surface area contributed by atoms with E-state index in [0.29, 0.717) is 11.2 Å². The van der Waals surface area contributed by atoms with Crippen LogP contribution in [0, 0.1) is 0 Å². The van der Waals surface area contributed by atoms with E-state index in [2.05, 4.69) is 23.8 Å². The fourth-order valence-corrected chi connectivity index (χ4v) is 4.04. The second-order valence-corrected chi connectivity index (χ2v) is 8.18. The van der Waals surface area contributed by atoms with Gasteiger partial charge in [0.25, 0.3) is 0 Å². The number of anilines is 1. The van der Waals surface area contributed by atoms with Crippen molar-refractivity contribution in [3.63, 3.8) is 0 Å². The Balaban J connectivity index is 1.69. The number of imidazole rings is 1. The van der Waals surface area contributed by atoms with E-state index >= 15 is 0 Å². The fourth-order valence-electron chi connectivity index (χ4n) is 2.44. The third-order valence-electron chi connectivity index (χ3n) is 3.51. The first-order chi connectivity index (χ1) is 12.1. The summed E-state index contributed by atoms with van der Waals surface area (Å²) in [5, 5.41) is 10.1. The van der Waals surface area contributed by atoms with E-state index in [1.54, 1.807) is 0 Å². The van der Waals surface area contributed by atoms with Crippen LogP contribution in [0.1, 0.15) is 12.6 Å². The monoisotopic (exact) mass is 411 g/mol. The first-order valence-electron chi connectivity index (χ1n) is 7.06. The van der Waals surface area contributed by atoms with Crippen molar-refractivity contribution < 1.29 is 42.5 Å². The molecule has 1 aliphatic heterocycles. The maximum Gasteiger partial charge on any atom is 0.481 e. The van der Waals surface area contributed by atoms with Crippen molar-refractivity contribution in [1.29, 1.82) is 0 Å². The van der Waals surface area contributed by atoms with E-state index in [9.17, 15) is 19.1 Å². The van der Waals surface area contributed by atoms with Gasteiger partial charge in [-0.2, -0.15) is 4.31 Å². The van der Waals surface area contributed by atoms with Crippen molar-refractivity contribution in [2.75, 3.05) is 12.3 Å². The lowest BCUT2D eigenvalue weighted by Gasteiger charge is -2.18. The Labute approximate surface area is 145 Å². The van der Waals surface area contributed by atoms with Crippen molar-refractivity contribution in [3.05, 3.63) is 12.7 Å². The number of fused-ring (bicyclic) bond motifs is 1. The number of phosphoric acid groups is 2. The van der Waals surface area contributed by atoms with E-state index in [1.165, 1.54) is 17.2 Å². The number of nitrogens with two attached hydrogens (primary N) is 1. The number of nitrogens with zero attached hydrogens (tertiary/aromatic N) is 4. The largest absolute Gasteiger partial charge is 0.481 e. The summed E-state index contributed by atoms with van der Waals surface area (Å²) in [4.78, 5) is 38.3. The number of aliphatic hydroxyl groups excluding tert-OH is 1. The van der Waals surface area contributed by atoms with Crippen LogP contribution in [-0.2, 0) is 22.7 Å². The third kappa shape index (κ3) is 4.26. The van der Waals surface area contributed by atoms with Crippen LogP contribution in [0.5, 0.6) is 0 Å². The predicted octanol–water partition coefficient (Wildman–Crippen LogP) is -0.717. The average Bonchev–Trinajstić information content (AvgIpc) is 3.07. The molecule has 2 unspecified atom stereocenters. The highest BCUT2D eigenvalue weighted by Gasteiger charge is 2.39. The summed E-state index contributed by atoms with van der Waals surface area (Å²) in [7, 11) is -10.3. The molecular formula is C10H15N5O9P2. The van der Waals surface area contributed by atoms with E-state index in [4.69, 9.17) is 20.3 Å². The van der Waals surface area contributed by atoms with Gasteiger partial charge in [-0.1, -0.05) is 0 Å². The highest BCUT2D eigenvalue weighted by Crippen LogP contribution is 2.57. The van der Waals surface area contributed by atoms with Crippen LogP contribution >= 0.6 is 15.6 Å². The molecule has 2 aromatic rings. The Bertz CT molecular complexity index is 900. The molecule has 14 nitrogen and oxygen atoms in total. The van der Waals surface area contributed by atoms with Crippen LogP contribution in [-0.4, -0.2) is 58.1 Å². The van der Waals surface area contributed by atoms with Crippen LogP contribution in [0.4, 0.5) is 5.82 Å². The molecule has 1 fully saturated rings. The number of ether oxygens (including phenoxy) is 1. The van der Waals surface area contributed by atoms with Gasteiger partial charge in [-0.25, -0.2) is 24.1 Å². The minimum Gasteiger partial charge on any atom is -0.390 e. The van der Waals surface area contributed by atoms with Gasteiger partial charge >= 0.3 is 15.6 Å². The van der Waals surface area contributed by atoms with Gasteiger partial charge < -0.3 is 30.3 Å². The Morgan fingerprint density at radius 1 is 1.31 bits per heavy atom. The Morgan fingerprint density at radius 2 is 2.04 bits per heavy atom. The van der Waals surface area contributed by atoms with E-state index in [1.807, 2.05) is 0 Å². The summed E-state index contributed by atoms with van der Waals surface area (Å²) in [6.07, 6.45) is -0.158. The number of aromatic nitrogens is 4. The maximum atomic E-state index is 11.5. The molecule has 1 aliphatic rings. The number of aliphatic hydroxyl groups is 1. The second kappa shape index (κ2) is 6.93. The molecule has 1 saturated heterocycles. The van der Waals surface area contributed by atoms with Crippen LogP contribution in [0.2, 0.25) is 0 Å². The zero-order chi connectivity index (χ0) is 19.1. The topological polar surface area (TPSA) is 212 Å². The molecule has 26 heavy (non-hydrogen) atoms. The summed E-state index contributed by atoms with van der Waals surface area (Å²) in [5.41, 5.74) is 6.41. The number of nitrogen functional groups attached to an aromatic ring is 1. The van der Waals surface area contributed by atoms with Crippen molar-refractivity contribution in [2.24, 2.45) is 0 Å². The normalized spacial score (nSPS) is 26.2. The summed E-state index contributed by atoms with van der Waals surface area (Å²) < 4.78 is 37.3. The van der Waals surface area contributed by atoms with Gasteiger partial charge in [-0.05, 0) is 0 Å². The summed E-state index contributed by atoms with van der Waals surface area (Å²) in [6.45, 7) is -0.644. The lowest BCUT2D eigenvalue weighted by Crippen LogP contribution is -2.26. The third-order valence-corrected chi connectivity index (χ3v) is 5.66. The Morgan fingerprint density at radius 3 is 2.73 bits per heavy atom. The highest BCUT2D eigenvalue weighted by molar-refractivity contribution is 7.60. The van der Waals surface area contributed by atoms with Gasteiger partial charge in [0, 0.05) is 6.42 Å². The lowest BCUT2D eigenvalue weighted by molar-refractivity contribution is -0.0423. The molecule has 3 rings (SSSR count). The van der Waals surface area contributed by atoms with Gasteiger partial charge in [0.1, 0.15) is 24.2 Å². The number of hydrogen-bond donors (Lipinski definition) is 5. The van der Waals surface area contributed by atoms with Crippen LogP contribution in [0.15, 0.2) is 12.7 Å². The summed E-state index contributed by atoms with van der Waals surface area (Å²) in [6, 6.07) is 0. The van der Waals surface area contributed by atoms with Gasteiger partial charge in [-0.3, -0.25) is 9.09 Å². The number of hydrogen-bond acceptors (Lipinski definition) is 10. The molecule has 4 atom stereocenters. The molecule has 3 heterocycles. The Kier molecular flexibility index (Phi) is 5.14. The van der Waals surface area contributed by atoms with Gasteiger partial charge in [0.15, 0.2) is 11.5 Å². The summed E-state index contributed by atoms with van der Waals surface area (Å²) in [5.74, 6) is 0.169.